The van der Waals surface area contributed by atoms with Crippen LogP contribution in [0, 0.1) is 0 Å². The van der Waals surface area contributed by atoms with Crippen LogP contribution in [-0.2, 0) is 4.79 Å². The number of hydrogen-bond acceptors (Lipinski definition) is 3. The van der Waals surface area contributed by atoms with E-state index in [0.717, 1.165) is 25.3 Å². The molecule has 0 aromatic carbocycles. The van der Waals surface area contributed by atoms with E-state index in [9.17, 15) is 4.79 Å². The van der Waals surface area contributed by atoms with Crippen LogP contribution in [0.2, 0.25) is 0 Å². The average molecular weight is 244 g/mol. The van der Waals surface area contributed by atoms with Gasteiger partial charge in [0.25, 0.3) is 0 Å². The highest BCUT2D eigenvalue weighted by Gasteiger charge is 2.18. The Bertz CT molecular complexity index is 205. The lowest BCUT2D eigenvalue weighted by Gasteiger charge is -2.25. The molecular weight excluding hydrogens is 220 g/mol. The first-order chi connectivity index (χ1) is 7.74. The number of thioether (sulfide) groups is 1. The molecule has 0 saturated carbocycles. The summed E-state index contributed by atoms with van der Waals surface area (Å²) < 4.78 is 0. The summed E-state index contributed by atoms with van der Waals surface area (Å²) in [7, 11) is 1.92. The minimum atomic E-state index is 0.288. The van der Waals surface area contributed by atoms with Gasteiger partial charge in [-0.05, 0) is 6.42 Å². The van der Waals surface area contributed by atoms with E-state index in [1.54, 1.807) is 0 Å². The van der Waals surface area contributed by atoms with Crippen molar-refractivity contribution in [3.05, 3.63) is 0 Å². The predicted octanol–water partition coefficient (Wildman–Crippen LogP) is 1.73. The van der Waals surface area contributed by atoms with E-state index >= 15 is 0 Å². The first kappa shape index (κ1) is 13.8. The molecule has 0 aliphatic carbocycles. The van der Waals surface area contributed by atoms with Gasteiger partial charge < -0.3 is 10.2 Å². The lowest BCUT2D eigenvalue weighted by atomic mass is 10.2. The minimum Gasteiger partial charge on any atom is -0.346 e. The van der Waals surface area contributed by atoms with Crippen molar-refractivity contribution < 1.29 is 4.79 Å². The summed E-state index contributed by atoms with van der Waals surface area (Å²) in [5, 5.41) is 3.40. The van der Waals surface area contributed by atoms with E-state index in [2.05, 4.69) is 12.2 Å². The molecule has 1 fully saturated rings. The van der Waals surface area contributed by atoms with Crippen LogP contribution >= 0.6 is 11.8 Å². The van der Waals surface area contributed by atoms with Crippen molar-refractivity contribution >= 4 is 17.7 Å². The van der Waals surface area contributed by atoms with Crippen molar-refractivity contribution in [3.8, 4) is 0 Å². The summed E-state index contributed by atoms with van der Waals surface area (Å²) in [6.45, 7) is 4.14. The van der Waals surface area contributed by atoms with Crippen molar-refractivity contribution in [2.24, 2.45) is 0 Å². The molecule has 0 bridgehead atoms. The number of hydrogen-bond donors (Lipinski definition) is 1. The molecule has 16 heavy (non-hydrogen) atoms. The summed E-state index contributed by atoms with van der Waals surface area (Å²) in [5.74, 6) is 2.54. The second-order valence-electron chi connectivity index (χ2n) is 4.45. The molecule has 0 aromatic heterocycles. The van der Waals surface area contributed by atoms with Crippen LogP contribution in [0.15, 0.2) is 0 Å². The number of amides is 1. The van der Waals surface area contributed by atoms with Gasteiger partial charge >= 0.3 is 0 Å². The Kier molecular flexibility index (Phi) is 6.88. The molecule has 0 aromatic rings. The van der Waals surface area contributed by atoms with Crippen molar-refractivity contribution in [1.82, 2.24) is 10.2 Å². The third-order valence-electron chi connectivity index (χ3n) is 2.94. The molecule has 1 aliphatic rings. The van der Waals surface area contributed by atoms with Gasteiger partial charge in [-0.3, -0.25) is 4.79 Å². The van der Waals surface area contributed by atoms with E-state index < -0.39 is 0 Å². The first-order valence-corrected chi connectivity index (χ1v) is 7.44. The Hall–Kier alpha value is -0.220. The maximum Gasteiger partial charge on any atom is 0.223 e. The summed E-state index contributed by atoms with van der Waals surface area (Å²) in [5.41, 5.74) is 0. The molecule has 1 rings (SSSR count). The molecule has 1 unspecified atom stereocenters. The molecule has 1 amide bonds. The van der Waals surface area contributed by atoms with Crippen LogP contribution in [0.5, 0.6) is 0 Å². The van der Waals surface area contributed by atoms with E-state index in [0.29, 0.717) is 12.5 Å². The molecule has 3 nitrogen and oxygen atoms in total. The Morgan fingerprint density at radius 3 is 2.94 bits per heavy atom. The van der Waals surface area contributed by atoms with Gasteiger partial charge in [0.2, 0.25) is 5.91 Å². The van der Waals surface area contributed by atoms with E-state index in [1.807, 2.05) is 23.7 Å². The predicted molar refractivity (Wildman–Crippen MR) is 70.9 cm³/mol. The van der Waals surface area contributed by atoms with Crippen molar-refractivity contribution in [2.75, 3.05) is 31.6 Å². The van der Waals surface area contributed by atoms with E-state index in [-0.39, 0.29) is 5.91 Å². The third kappa shape index (κ3) is 5.21. The van der Waals surface area contributed by atoms with Gasteiger partial charge in [-0.2, -0.15) is 11.8 Å². The Labute approximate surface area is 103 Å². The second kappa shape index (κ2) is 7.96. The van der Waals surface area contributed by atoms with Gasteiger partial charge in [0, 0.05) is 44.1 Å². The molecule has 1 aliphatic heterocycles. The molecule has 1 atom stereocenters. The number of unbranched alkanes of at least 4 members (excludes halogenated alkanes) is 2. The molecular formula is C12H24N2OS. The van der Waals surface area contributed by atoms with Crippen LogP contribution in [0.3, 0.4) is 0 Å². The summed E-state index contributed by atoms with van der Waals surface area (Å²) >= 11 is 1.94. The van der Waals surface area contributed by atoms with Gasteiger partial charge in [0.05, 0.1) is 0 Å². The van der Waals surface area contributed by atoms with Crippen molar-refractivity contribution in [3.63, 3.8) is 0 Å². The highest BCUT2D eigenvalue weighted by Crippen LogP contribution is 2.11. The summed E-state index contributed by atoms with van der Waals surface area (Å²) in [6, 6.07) is 0.389. The smallest absolute Gasteiger partial charge is 0.223 e. The van der Waals surface area contributed by atoms with Crippen molar-refractivity contribution in [1.29, 1.82) is 0 Å². The van der Waals surface area contributed by atoms with Gasteiger partial charge in [0.15, 0.2) is 0 Å². The van der Waals surface area contributed by atoms with Gasteiger partial charge in [-0.15, -0.1) is 0 Å². The lowest BCUT2D eigenvalue weighted by molar-refractivity contribution is -0.130. The topological polar surface area (TPSA) is 32.3 Å². The fourth-order valence-electron chi connectivity index (χ4n) is 1.84. The second-order valence-corrected chi connectivity index (χ2v) is 5.60. The van der Waals surface area contributed by atoms with Crippen LogP contribution in [0.1, 0.15) is 32.6 Å². The Balaban J connectivity index is 2.16. The Morgan fingerprint density at radius 2 is 2.31 bits per heavy atom. The number of nitrogens with one attached hydrogen (secondary N) is 1. The lowest BCUT2D eigenvalue weighted by Crippen LogP contribution is -2.41. The van der Waals surface area contributed by atoms with E-state index in [1.165, 1.54) is 18.6 Å². The number of carbonyl (C=O) groups excluding carboxylic acids is 1. The average Bonchev–Trinajstić information content (AvgIpc) is 2.30. The normalized spacial score (nSPS) is 20.8. The monoisotopic (exact) mass is 244 g/mol. The van der Waals surface area contributed by atoms with Crippen LogP contribution in [0.4, 0.5) is 0 Å². The van der Waals surface area contributed by atoms with Crippen molar-refractivity contribution in [2.45, 2.75) is 38.6 Å². The highest BCUT2D eigenvalue weighted by atomic mass is 32.2. The molecule has 4 heteroatoms. The number of rotatable bonds is 6. The molecule has 1 N–H and O–H groups in total. The third-order valence-corrected chi connectivity index (χ3v) is 4.07. The maximum atomic E-state index is 11.9. The maximum absolute atomic E-state index is 11.9. The zero-order valence-corrected chi connectivity index (χ0v) is 11.3. The zero-order chi connectivity index (χ0) is 11.8. The summed E-state index contributed by atoms with van der Waals surface area (Å²) in [4.78, 5) is 13.8. The fraction of sp³-hybridized carbons (Fsp3) is 0.917. The van der Waals surface area contributed by atoms with Gasteiger partial charge in [-0.25, -0.2) is 0 Å². The SMILES string of the molecule is CCCCCN(C)C(=O)CC1CSCCN1. The minimum absolute atomic E-state index is 0.288. The van der Waals surface area contributed by atoms with Crippen LogP contribution in [-0.4, -0.2) is 48.5 Å². The molecule has 1 saturated heterocycles. The van der Waals surface area contributed by atoms with Crippen LogP contribution < -0.4 is 5.32 Å². The quantitative estimate of drug-likeness (QED) is 0.722. The Morgan fingerprint density at radius 1 is 1.50 bits per heavy atom. The largest absolute Gasteiger partial charge is 0.346 e. The summed E-state index contributed by atoms with van der Waals surface area (Å²) in [6.07, 6.45) is 4.22. The van der Waals surface area contributed by atoms with Gasteiger partial charge in [0.1, 0.15) is 0 Å². The molecule has 0 radical (unpaired) electrons. The van der Waals surface area contributed by atoms with E-state index in [4.69, 9.17) is 0 Å². The number of nitrogens with zero attached hydrogens (tertiary/aromatic N) is 1. The molecule has 94 valence electrons. The highest BCUT2D eigenvalue weighted by molar-refractivity contribution is 7.99. The van der Waals surface area contributed by atoms with Gasteiger partial charge in [-0.1, -0.05) is 19.8 Å². The molecule has 1 heterocycles. The first-order valence-electron chi connectivity index (χ1n) is 6.29. The fourth-order valence-corrected chi connectivity index (χ4v) is 2.79. The molecule has 0 spiro atoms. The zero-order valence-electron chi connectivity index (χ0n) is 10.5. The number of carbonyl (C=O) groups is 1. The van der Waals surface area contributed by atoms with Crippen LogP contribution in [0.25, 0.3) is 0 Å². The standard InChI is InChI=1S/C12H24N2OS/c1-3-4-5-7-14(2)12(15)9-11-10-16-8-6-13-11/h11,13H,3-10H2,1-2H3.